The van der Waals surface area contributed by atoms with E-state index in [1.54, 1.807) is 11.3 Å². The Morgan fingerprint density at radius 3 is 3.00 bits per heavy atom. The Balaban J connectivity index is 2.05. The molecular formula is C11H12N4S2. The molecule has 0 saturated carbocycles. The van der Waals surface area contributed by atoms with Crippen LogP contribution in [0, 0.1) is 18.3 Å². The Hall–Kier alpha value is -1.45. The molecule has 2 aromatic rings. The fourth-order valence-corrected chi connectivity index (χ4v) is 2.91. The Morgan fingerprint density at radius 2 is 2.35 bits per heavy atom. The highest BCUT2D eigenvalue weighted by Gasteiger charge is 2.10. The third kappa shape index (κ3) is 2.62. The number of aryl methyl sites for hydroxylation is 2. The summed E-state index contributed by atoms with van der Waals surface area (Å²) in [6.45, 7) is 4.62. The Bertz CT molecular complexity index is 550. The number of rotatable bonds is 4. The summed E-state index contributed by atoms with van der Waals surface area (Å²) in [4.78, 5) is 5.60. The molecule has 0 fully saturated rings. The lowest BCUT2D eigenvalue weighted by Gasteiger charge is -1.99. The Kier molecular flexibility index (Phi) is 3.71. The average Bonchev–Trinajstić information content (AvgIpc) is 2.92. The van der Waals surface area contributed by atoms with Gasteiger partial charge in [0.2, 0.25) is 0 Å². The fourth-order valence-electron chi connectivity index (χ4n) is 1.37. The van der Waals surface area contributed by atoms with Crippen LogP contribution in [0.25, 0.3) is 0 Å². The van der Waals surface area contributed by atoms with Crippen molar-refractivity contribution in [3.8, 4) is 6.07 Å². The van der Waals surface area contributed by atoms with E-state index in [1.165, 1.54) is 16.4 Å². The first-order valence-electron chi connectivity index (χ1n) is 5.28. The molecule has 0 bridgehead atoms. The second kappa shape index (κ2) is 5.25. The minimum Gasteiger partial charge on any atom is -0.368 e. The first kappa shape index (κ1) is 12.0. The van der Waals surface area contributed by atoms with Crippen LogP contribution in [0.3, 0.4) is 0 Å². The molecular weight excluding hydrogens is 252 g/mol. The van der Waals surface area contributed by atoms with Gasteiger partial charge in [-0.3, -0.25) is 0 Å². The number of hydrogen-bond acceptors (Lipinski definition) is 6. The van der Waals surface area contributed by atoms with Crippen molar-refractivity contribution >= 4 is 27.9 Å². The Morgan fingerprint density at radius 1 is 1.53 bits per heavy atom. The second-order valence-electron chi connectivity index (χ2n) is 3.51. The van der Waals surface area contributed by atoms with Crippen molar-refractivity contribution in [1.82, 2.24) is 9.36 Å². The molecule has 0 amide bonds. The van der Waals surface area contributed by atoms with Crippen LogP contribution in [0.2, 0.25) is 0 Å². The number of nitrogens with zero attached hydrogens (tertiary/aromatic N) is 3. The molecule has 6 heteroatoms. The van der Waals surface area contributed by atoms with Gasteiger partial charge in [-0.2, -0.15) is 9.64 Å². The van der Waals surface area contributed by atoms with Gasteiger partial charge in [0.1, 0.15) is 21.6 Å². The first-order chi connectivity index (χ1) is 8.24. The molecule has 0 aliphatic carbocycles. The van der Waals surface area contributed by atoms with Crippen molar-refractivity contribution in [2.45, 2.75) is 26.8 Å². The molecule has 0 spiro atoms. The van der Waals surface area contributed by atoms with Gasteiger partial charge in [0, 0.05) is 11.1 Å². The maximum absolute atomic E-state index is 8.99. The average molecular weight is 264 g/mol. The lowest BCUT2D eigenvalue weighted by Crippen LogP contribution is -1.98. The molecule has 2 aromatic heterocycles. The van der Waals surface area contributed by atoms with Crippen molar-refractivity contribution in [3.05, 3.63) is 27.3 Å². The second-order valence-corrected chi connectivity index (χ2v) is 5.48. The quantitative estimate of drug-likeness (QED) is 0.922. The van der Waals surface area contributed by atoms with Gasteiger partial charge in [-0.1, -0.05) is 6.92 Å². The van der Waals surface area contributed by atoms with E-state index in [-0.39, 0.29) is 0 Å². The summed E-state index contributed by atoms with van der Waals surface area (Å²) in [5.41, 5.74) is 1.43. The molecule has 0 radical (unpaired) electrons. The van der Waals surface area contributed by atoms with Gasteiger partial charge in [0.05, 0.1) is 12.2 Å². The van der Waals surface area contributed by atoms with E-state index >= 15 is 0 Å². The SMILES string of the molecule is CCc1cnc(CNc2snc(C)c2C#N)s1. The number of nitrogens with one attached hydrogen (secondary N) is 1. The molecule has 1 N–H and O–H groups in total. The minimum absolute atomic E-state index is 0.641. The van der Waals surface area contributed by atoms with Gasteiger partial charge >= 0.3 is 0 Å². The van der Waals surface area contributed by atoms with Crippen molar-refractivity contribution in [2.75, 3.05) is 5.32 Å². The van der Waals surface area contributed by atoms with E-state index in [0.717, 1.165) is 22.1 Å². The van der Waals surface area contributed by atoms with Crippen LogP contribution in [-0.2, 0) is 13.0 Å². The van der Waals surface area contributed by atoms with Gasteiger partial charge in [-0.15, -0.1) is 11.3 Å². The first-order valence-corrected chi connectivity index (χ1v) is 6.87. The van der Waals surface area contributed by atoms with Crippen molar-refractivity contribution in [1.29, 1.82) is 5.26 Å². The van der Waals surface area contributed by atoms with Crippen LogP contribution in [0.1, 0.15) is 28.1 Å². The van der Waals surface area contributed by atoms with E-state index in [0.29, 0.717) is 12.1 Å². The normalized spacial score (nSPS) is 10.2. The van der Waals surface area contributed by atoms with Crippen LogP contribution in [-0.4, -0.2) is 9.36 Å². The minimum atomic E-state index is 0.641. The summed E-state index contributed by atoms with van der Waals surface area (Å²) in [5.74, 6) is 0. The largest absolute Gasteiger partial charge is 0.368 e. The summed E-state index contributed by atoms with van der Waals surface area (Å²) in [6, 6.07) is 2.16. The van der Waals surface area contributed by atoms with E-state index in [2.05, 4.69) is 27.7 Å². The van der Waals surface area contributed by atoms with E-state index < -0.39 is 0 Å². The summed E-state index contributed by atoms with van der Waals surface area (Å²) in [6.07, 6.45) is 2.92. The molecule has 2 heterocycles. The number of nitriles is 1. The molecule has 0 aromatic carbocycles. The topological polar surface area (TPSA) is 61.6 Å². The summed E-state index contributed by atoms with van der Waals surface area (Å²) < 4.78 is 4.16. The third-order valence-electron chi connectivity index (χ3n) is 2.32. The number of aromatic nitrogens is 2. The zero-order valence-electron chi connectivity index (χ0n) is 9.65. The maximum Gasteiger partial charge on any atom is 0.128 e. The molecule has 0 atom stereocenters. The van der Waals surface area contributed by atoms with Crippen molar-refractivity contribution in [3.63, 3.8) is 0 Å². The van der Waals surface area contributed by atoms with Crippen LogP contribution in [0.15, 0.2) is 6.20 Å². The highest BCUT2D eigenvalue weighted by molar-refractivity contribution is 7.11. The number of hydrogen-bond donors (Lipinski definition) is 1. The van der Waals surface area contributed by atoms with Gasteiger partial charge in [-0.25, -0.2) is 4.98 Å². The van der Waals surface area contributed by atoms with Crippen LogP contribution in [0.5, 0.6) is 0 Å². The molecule has 0 aliphatic rings. The van der Waals surface area contributed by atoms with Gasteiger partial charge in [0.15, 0.2) is 0 Å². The van der Waals surface area contributed by atoms with Crippen LogP contribution in [0.4, 0.5) is 5.00 Å². The molecule has 0 saturated heterocycles. The van der Waals surface area contributed by atoms with E-state index in [1.807, 2.05) is 13.1 Å². The summed E-state index contributed by atoms with van der Waals surface area (Å²) >= 11 is 3.03. The van der Waals surface area contributed by atoms with Crippen molar-refractivity contribution < 1.29 is 0 Å². The number of anilines is 1. The monoisotopic (exact) mass is 264 g/mol. The maximum atomic E-state index is 8.99. The lowest BCUT2D eigenvalue weighted by atomic mass is 10.3. The summed E-state index contributed by atoms with van der Waals surface area (Å²) in [5, 5.41) is 14.1. The van der Waals surface area contributed by atoms with E-state index in [9.17, 15) is 0 Å². The zero-order chi connectivity index (χ0) is 12.3. The summed E-state index contributed by atoms with van der Waals surface area (Å²) in [7, 11) is 0. The molecule has 17 heavy (non-hydrogen) atoms. The predicted octanol–water partition coefficient (Wildman–Crippen LogP) is 2.95. The highest BCUT2D eigenvalue weighted by Crippen LogP contribution is 2.24. The predicted molar refractivity (Wildman–Crippen MR) is 70.4 cm³/mol. The smallest absolute Gasteiger partial charge is 0.128 e. The highest BCUT2D eigenvalue weighted by atomic mass is 32.1. The molecule has 0 aliphatic heterocycles. The van der Waals surface area contributed by atoms with Crippen molar-refractivity contribution in [2.24, 2.45) is 0 Å². The Labute approximate surface area is 108 Å². The van der Waals surface area contributed by atoms with E-state index in [4.69, 9.17) is 5.26 Å². The zero-order valence-corrected chi connectivity index (χ0v) is 11.3. The van der Waals surface area contributed by atoms with Gasteiger partial charge in [-0.05, 0) is 24.9 Å². The van der Waals surface area contributed by atoms with Gasteiger partial charge in [0.25, 0.3) is 0 Å². The van der Waals surface area contributed by atoms with Crippen LogP contribution >= 0.6 is 22.9 Å². The molecule has 88 valence electrons. The third-order valence-corrected chi connectivity index (χ3v) is 4.36. The standard InChI is InChI=1S/C11H12N4S2/c1-3-8-5-13-10(16-8)6-14-11-9(4-12)7(2)15-17-11/h5,14H,3,6H2,1-2H3. The lowest BCUT2D eigenvalue weighted by molar-refractivity contribution is 1.10. The molecule has 2 rings (SSSR count). The van der Waals surface area contributed by atoms with Crippen LogP contribution < -0.4 is 5.32 Å². The number of thiazole rings is 1. The van der Waals surface area contributed by atoms with Gasteiger partial charge < -0.3 is 5.32 Å². The fraction of sp³-hybridized carbons (Fsp3) is 0.364. The molecule has 0 unspecified atom stereocenters. The molecule has 4 nitrogen and oxygen atoms in total.